The summed E-state index contributed by atoms with van der Waals surface area (Å²) in [5.41, 5.74) is 0. The lowest BCUT2D eigenvalue weighted by molar-refractivity contribution is 0.107. The maximum absolute atomic E-state index is 5.18. The topological polar surface area (TPSA) is 27.7 Å². The Morgan fingerprint density at radius 3 is 1.28 bits per heavy atom. The Labute approximate surface area is 156 Å². The average molecular weight is 378 g/mol. The van der Waals surface area contributed by atoms with Gasteiger partial charge in [0.1, 0.15) is 0 Å². The lowest BCUT2D eigenvalue weighted by atomic mass is 10.4. The molecule has 0 saturated heterocycles. The van der Waals surface area contributed by atoms with Crippen LogP contribution in [0.15, 0.2) is 60.7 Å². The lowest BCUT2D eigenvalue weighted by Crippen LogP contribution is -2.27. The van der Waals surface area contributed by atoms with E-state index in [1.807, 2.05) is 20.8 Å². The van der Waals surface area contributed by atoms with E-state index in [4.69, 9.17) is 13.3 Å². The smallest absolute Gasteiger partial charge is 0.371 e. The van der Waals surface area contributed by atoms with E-state index in [0.29, 0.717) is 19.8 Å². The fraction of sp³-hybridized carbons (Fsp3) is 0.400. The van der Waals surface area contributed by atoms with Gasteiger partial charge in [-0.05, 0) is 45.5 Å². The van der Waals surface area contributed by atoms with Gasteiger partial charge in [-0.1, -0.05) is 67.6 Å². The number of hydrogen-bond donors (Lipinski definition) is 0. The predicted octanol–water partition coefficient (Wildman–Crippen LogP) is 4.22. The first-order chi connectivity index (χ1) is 12.3. The molecule has 0 bridgehead atoms. The first-order valence-electron chi connectivity index (χ1n) is 8.89. The molecule has 0 unspecified atom stereocenters. The Kier molecular flexibility index (Phi) is 12.5. The Balaban J connectivity index is 0.000000275. The minimum Gasteiger partial charge on any atom is -0.371 e. The van der Waals surface area contributed by atoms with Gasteiger partial charge in [-0.15, -0.1) is 0 Å². The average Bonchev–Trinajstić information content (AvgIpc) is 2.65. The Hall–Kier alpha value is -1.03. The van der Waals surface area contributed by atoms with Crippen LogP contribution in [0.1, 0.15) is 27.7 Å². The van der Waals surface area contributed by atoms with Crippen molar-refractivity contribution in [1.82, 2.24) is 0 Å². The van der Waals surface area contributed by atoms with Gasteiger partial charge in [0.2, 0.25) is 0 Å². The summed E-state index contributed by atoms with van der Waals surface area (Å²) in [5, 5.41) is 2.95. The third kappa shape index (κ3) is 8.75. The quantitative estimate of drug-likeness (QED) is 0.484. The SMILES string of the molecule is CCO[Si](OCC)OCC.CCP(c1ccccc1)c1ccccc1. The summed E-state index contributed by atoms with van der Waals surface area (Å²) >= 11 is 0. The van der Waals surface area contributed by atoms with Crippen LogP contribution >= 0.6 is 7.92 Å². The van der Waals surface area contributed by atoms with Crippen molar-refractivity contribution in [2.45, 2.75) is 27.7 Å². The second-order valence-corrected chi connectivity index (χ2v) is 8.85. The molecule has 0 aromatic heterocycles. The largest absolute Gasteiger partial charge is 0.577 e. The van der Waals surface area contributed by atoms with E-state index in [2.05, 4.69) is 67.6 Å². The Morgan fingerprint density at radius 1 is 0.640 bits per heavy atom. The number of hydrogen-bond acceptors (Lipinski definition) is 3. The first-order valence-corrected chi connectivity index (χ1v) is 11.6. The first kappa shape index (κ1) is 22.0. The highest BCUT2D eigenvalue weighted by Gasteiger charge is 2.15. The Bertz CT molecular complexity index is 485. The van der Waals surface area contributed by atoms with Gasteiger partial charge in [0, 0.05) is 19.8 Å². The maximum Gasteiger partial charge on any atom is 0.577 e. The second-order valence-electron chi connectivity index (χ2n) is 4.96. The molecule has 2 rings (SSSR count). The van der Waals surface area contributed by atoms with Crippen molar-refractivity contribution < 1.29 is 13.3 Å². The van der Waals surface area contributed by atoms with Gasteiger partial charge in [-0.25, -0.2) is 0 Å². The molecule has 2 aromatic carbocycles. The van der Waals surface area contributed by atoms with Crippen LogP contribution in [0.3, 0.4) is 0 Å². The number of rotatable bonds is 9. The molecule has 0 saturated carbocycles. The van der Waals surface area contributed by atoms with E-state index in [1.54, 1.807) is 0 Å². The highest BCUT2D eigenvalue weighted by atomic mass is 31.1. The normalized spacial score (nSPS) is 10.6. The molecular weight excluding hydrogens is 347 g/mol. The molecule has 137 valence electrons. The molecule has 0 aliphatic rings. The monoisotopic (exact) mass is 377 g/mol. The van der Waals surface area contributed by atoms with E-state index in [1.165, 1.54) is 16.8 Å². The minimum absolute atomic E-state index is 0.149. The van der Waals surface area contributed by atoms with Crippen LogP contribution in [-0.2, 0) is 13.3 Å². The van der Waals surface area contributed by atoms with Gasteiger partial charge in [0.25, 0.3) is 0 Å². The Morgan fingerprint density at radius 2 is 1.00 bits per heavy atom. The molecule has 3 nitrogen and oxygen atoms in total. The van der Waals surface area contributed by atoms with Crippen molar-refractivity contribution in [2.24, 2.45) is 0 Å². The fourth-order valence-electron chi connectivity index (χ4n) is 2.21. The van der Waals surface area contributed by atoms with Crippen molar-refractivity contribution in [1.29, 1.82) is 0 Å². The van der Waals surface area contributed by atoms with Crippen LogP contribution in [0.25, 0.3) is 0 Å². The zero-order valence-corrected chi connectivity index (χ0v) is 17.7. The van der Waals surface area contributed by atoms with E-state index in [9.17, 15) is 0 Å². The van der Waals surface area contributed by atoms with Crippen LogP contribution in [-0.4, -0.2) is 35.5 Å². The van der Waals surface area contributed by atoms with Crippen molar-refractivity contribution in [3.63, 3.8) is 0 Å². The van der Waals surface area contributed by atoms with E-state index in [-0.39, 0.29) is 7.92 Å². The summed E-state index contributed by atoms with van der Waals surface area (Å²) in [6.45, 7) is 10.1. The van der Waals surface area contributed by atoms with Gasteiger partial charge in [0.05, 0.1) is 0 Å². The molecule has 0 amide bonds. The molecule has 0 aliphatic heterocycles. The molecule has 0 N–H and O–H groups in total. The molecule has 1 radical (unpaired) electrons. The predicted molar refractivity (Wildman–Crippen MR) is 110 cm³/mol. The van der Waals surface area contributed by atoms with E-state index in [0.717, 1.165) is 0 Å². The van der Waals surface area contributed by atoms with Crippen LogP contribution in [0.4, 0.5) is 0 Å². The van der Waals surface area contributed by atoms with Crippen LogP contribution in [0.5, 0.6) is 0 Å². The highest BCUT2D eigenvalue weighted by molar-refractivity contribution is 7.72. The van der Waals surface area contributed by atoms with E-state index >= 15 is 0 Å². The zero-order chi connectivity index (χ0) is 18.3. The fourth-order valence-corrected chi connectivity index (χ4v) is 5.26. The molecule has 0 aliphatic carbocycles. The van der Waals surface area contributed by atoms with Crippen LogP contribution in [0, 0.1) is 0 Å². The third-order valence-electron chi connectivity index (χ3n) is 3.24. The van der Waals surface area contributed by atoms with Crippen molar-refractivity contribution >= 4 is 28.1 Å². The summed E-state index contributed by atoms with van der Waals surface area (Å²) in [6.07, 6.45) is 1.21. The van der Waals surface area contributed by atoms with Gasteiger partial charge in [0.15, 0.2) is 0 Å². The number of benzene rings is 2. The third-order valence-corrected chi connectivity index (χ3v) is 7.29. The molecular formula is C20H30O3PSi. The summed E-state index contributed by atoms with van der Waals surface area (Å²) in [4.78, 5) is 0. The molecule has 0 fully saturated rings. The lowest BCUT2D eigenvalue weighted by Gasteiger charge is -2.16. The van der Waals surface area contributed by atoms with Gasteiger partial charge in [-0.3, -0.25) is 0 Å². The van der Waals surface area contributed by atoms with E-state index < -0.39 is 9.53 Å². The summed E-state index contributed by atoms with van der Waals surface area (Å²) in [5.74, 6) is 0. The molecule has 25 heavy (non-hydrogen) atoms. The molecule has 0 spiro atoms. The summed E-state index contributed by atoms with van der Waals surface area (Å²) in [6, 6.07) is 21.6. The summed E-state index contributed by atoms with van der Waals surface area (Å²) in [7, 11) is -1.55. The van der Waals surface area contributed by atoms with Gasteiger partial charge in [-0.2, -0.15) is 0 Å². The second kappa shape index (κ2) is 14.2. The van der Waals surface area contributed by atoms with Gasteiger partial charge < -0.3 is 13.3 Å². The highest BCUT2D eigenvalue weighted by Crippen LogP contribution is 2.32. The molecule has 0 heterocycles. The molecule has 0 atom stereocenters. The van der Waals surface area contributed by atoms with Crippen molar-refractivity contribution in [2.75, 3.05) is 26.0 Å². The van der Waals surface area contributed by atoms with Crippen LogP contribution in [0.2, 0.25) is 0 Å². The molecule has 5 heteroatoms. The minimum atomic E-state index is -1.40. The standard InChI is InChI=1S/C14H15P.C6H15O3Si/c1-2-15(13-9-5-3-6-10-13)14-11-7-4-8-12-14;1-4-7-10(8-5-2)9-6-3/h3-12H,2H2,1H3;4-6H2,1-3H3. The zero-order valence-electron chi connectivity index (χ0n) is 15.8. The summed E-state index contributed by atoms with van der Waals surface area (Å²) < 4.78 is 15.5. The maximum atomic E-state index is 5.18. The van der Waals surface area contributed by atoms with Crippen molar-refractivity contribution in [3.05, 3.63) is 60.7 Å². The van der Waals surface area contributed by atoms with Crippen LogP contribution < -0.4 is 10.6 Å². The van der Waals surface area contributed by atoms with Gasteiger partial charge >= 0.3 is 9.53 Å². The molecule has 2 aromatic rings. The van der Waals surface area contributed by atoms with Crippen molar-refractivity contribution in [3.8, 4) is 0 Å².